The fourth-order valence-electron chi connectivity index (χ4n) is 6.26. The Morgan fingerprint density at radius 1 is 0.444 bits per heavy atom. The normalized spacial score (nSPS) is 12.9. The van der Waals surface area contributed by atoms with E-state index in [1.807, 2.05) is 24.3 Å². The maximum absolute atomic E-state index is 11.3. The molecule has 0 radical (unpaired) electrons. The van der Waals surface area contributed by atoms with E-state index in [2.05, 4.69) is 0 Å². The number of aliphatic carboxylic acids is 3. The van der Waals surface area contributed by atoms with Crippen LogP contribution < -0.4 is 47.4 Å². The van der Waals surface area contributed by atoms with Gasteiger partial charge in [-0.25, -0.2) is 4.79 Å². The Labute approximate surface area is 408 Å². The zero-order valence-electron chi connectivity index (χ0n) is 38.1. The molecule has 1 atom stereocenters. The summed E-state index contributed by atoms with van der Waals surface area (Å²) in [6.45, 7) is 3.92. The maximum atomic E-state index is 11.3. The standard InChI is InChI=1S/C10H8O4.C10H10O4.C9H6O5.C9H8O4.C7H6O2.C6H6O2/c1-6(11)10(12)7-2-3-8-9(4-7)14-5-13-8;1-6(10(11)12)7-2-3-8-9(4-7)14-5-13-8;10-8(9(11)12)5-1-2-6-7(3-5)14-4-13-6;10-9(11)4-6-1-2-7-8(3-6)13-5-12-7;1-2-4-7-6(3-1)8-5-9-7;7-5-3-1-2-4-6(5)8/h2-4H,5H2,1H3;2-4,6H,5H2,1H3,(H,11,12);1-3H,4H2,(H,11,12);1-3H,4-5H2,(H,10,11);1-4H,5H2;1-4,7-8H. The van der Waals surface area contributed by atoms with Crippen molar-refractivity contribution in [3.05, 3.63) is 144 Å². The fourth-order valence-corrected chi connectivity index (χ4v) is 6.26. The first-order chi connectivity index (χ1) is 34.6. The van der Waals surface area contributed by atoms with Crippen molar-refractivity contribution in [1.29, 1.82) is 0 Å². The van der Waals surface area contributed by atoms with Crippen LogP contribution in [-0.2, 0) is 25.6 Å². The van der Waals surface area contributed by atoms with E-state index < -0.39 is 41.2 Å². The van der Waals surface area contributed by atoms with Gasteiger partial charge in [0.1, 0.15) is 0 Å². The highest BCUT2D eigenvalue weighted by Crippen LogP contribution is 2.36. The van der Waals surface area contributed by atoms with Gasteiger partial charge in [0, 0.05) is 18.1 Å². The van der Waals surface area contributed by atoms with E-state index in [1.54, 1.807) is 67.6 Å². The summed E-state index contributed by atoms with van der Waals surface area (Å²) in [5.74, 6) is 0.516. The van der Waals surface area contributed by atoms with Crippen LogP contribution in [0, 0.1) is 0 Å². The van der Waals surface area contributed by atoms with Crippen molar-refractivity contribution in [1.82, 2.24) is 0 Å². The summed E-state index contributed by atoms with van der Waals surface area (Å²) in [6, 6.07) is 33.1. The molecule has 1 unspecified atom stereocenters. The molecule has 0 aliphatic carbocycles. The lowest BCUT2D eigenvalue weighted by Crippen LogP contribution is -2.12. The Kier molecular flexibility index (Phi) is 17.7. The number of benzene rings is 6. The number of carbonyl (C=O) groups excluding carboxylic acids is 3. The van der Waals surface area contributed by atoms with Crippen LogP contribution in [0.5, 0.6) is 69.0 Å². The largest absolute Gasteiger partial charge is 0.504 e. The quantitative estimate of drug-likeness (QED) is 0.0581. The summed E-state index contributed by atoms with van der Waals surface area (Å²) in [4.78, 5) is 64.7. The molecular weight excluding hydrogens is 949 g/mol. The molecule has 374 valence electrons. The lowest BCUT2D eigenvalue weighted by Gasteiger charge is -2.06. The molecule has 5 N–H and O–H groups in total. The first-order valence-electron chi connectivity index (χ1n) is 21.2. The number of ether oxygens (including phenoxy) is 10. The topological polar surface area (TPSA) is 296 Å². The van der Waals surface area contributed by atoms with Crippen LogP contribution in [-0.4, -0.2) is 94.8 Å². The monoisotopic (exact) mass is 992 g/mol. The van der Waals surface area contributed by atoms with Gasteiger partial charge in [-0.05, 0) is 103 Å². The average molecular weight is 993 g/mol. The van der Waals surface area contributed by atoms with Gasteiger partial charge >= 0.3 is 17.9 Å². The lowest BCUT2D eigenvalue weighted by atomic mass is 10.0. The number of rotatable bonds is 8. The number of phenolic OH excluding ortho intramolecular Hbond substituents is 2. The van der Waals surface area contributed by atoms with Crippen molar-refractivity contribution in [3.63, 3.8) is 0 Å². The molecule has 5 aliphatic rings. The minimum atomic E-state index is -1.48. The minimum Gasteiger partial charge on any atom is -0.504 e. The third kappa shape index (κ3) is 14.2. The predicted molar refractivity (Wildman–Crippen MR) is 247 cm³/mol. The highest BCUT2D eigenvalue weighted by atomic mass is 16.7. The molecule has 6 aromatic carbocycles. The van der Waals surface area contributed by atoms with Gasteiger partial charge < -0.3 is 72.9 Å². The Morgan fingerprint density at radius 2 is 0.806 bits per heavy atom. The van der Waals surface area contributed by atoms with E-state index in [1.165, 1.54) is 43.3 Å². The number of para-hydroxylation sites is 4. The van der Waals surface area contributed by atoms with Crippen molar-refractivity contribution in [2.75, 3.05) is 34.0 Å². The van der Waals surface area contributed by atoms with E-state index in [-0.39, 0.29) is 50.7 Å². The molecular formula is C51H44O21. The number of ketones is 3. The third-order valence-electron chi connectivity index (χ3n) is 10.0. The van der Waals surface area contributed by atoms with E-state index in [0.717, 1.165) is 22.6 Å². The number of carboxylic acids is 3. The van der Waals surface area contributed by atoms with Crippen LogP contribution in [0.15, 0.2) is 121 Å². The van der Waals surface area contributed by atoms with Gasteiger partial charge in [0.15, 0.2) is 74.8 Å². The van der Waals surface area contributed by atoms with Crippen LogP contribution in [0.25, 0.3) is 0 Å². The second-order valence-corrected chi connectivity index (χ2v) is 14.9. The Morgan fingerprint density at radius 3 is 1.21 bits per heavy atom. The molecule has 21 nitrogen and oxygen atoms in total. The summed E-state index contributed by atoms with van der Waals surface area (Å²) in [6.07, 6.45) is 0.0106. The van der Waals surface area contributed by atoms with E-state index in [0.29, 0.717) is 58.4 Å². The molecule has 6 aromatic rings. The molecule has 11 rings (SSSR count). The highest BCUT2D eigenvalue weighted by molar-refractivity contribution is 6.43. The number of phenols is 2. The number of hydrogen-bond acceptors (Lipinski definition) is 18. The molecule has 0 spiro atoms. The smallest absolute Gasteiger partial charge is 0.377 e. The van der Waals surface area contributed by atoms with Crippen molar-refractivity contribution in [3.8, 4) is 69.0 Å². The van der Waals surface area contributed by atoms with Crippen molar-refractivity contribution in [2.24, 2.45) is 0 Å². The molecule has 0 saturated carbocycles. The highest BCUT2D eigenvalue weighted by Gasteiger charge is 2.22. The van der Waals surface area contributed by atoms with Gasteiger partial charge in [0.05, 0.1) is 12.3 Å². The van der Waals surface area contributed by atoms with Crippen LogP contribution >= 0.6 is 0 Å². The van der Waals surface area contributed by atoms with Crippen molar-refractivity contribution in [2.45, 2.75) is 26.2 Å². The third-order valence-corrected chi connectivity index (χ3v) is 10.0. The molecule has 0 saturated heterocycles. The van der Waals surface area contributed by atoms with Crippen LogP contribution in [0.4, 0.5) is 0 Å². The molecule has 5 aliphatic heterocycles. The molecule has 0 bridgehead atoms. The molecule has 5 heterocycles. The molecule has 72 heavy (non-hydrogen) atoms. The molecule has 21 heteroatoms. The summed E-state index contributed by atoms with van der Waals surface area (Å²) in [5.41, 5.74) is 1.86. The summed E-state index contributed by atoms with van der Waals surface area (Å²) in [7, 11) is 0. The van der Waals surface area contributed by atoms with E-state index in [9.17, 15) is 28.8 Å². The molecule has 0 amide bonds. The second-order valence-electron chi connectivity index (χ2n) is 14.9. The van der Waals surface area contributed by atoms with Gasteiger partial charge in [0.25, 0.3) is 5.78 Å². The van der Waals surface area contributed by atoms with E-state index >= 15 is 0 Å². The Balaban J connectivity index is 0.000000143. The Bertz CT molecular complexity index is 2820. The zero-order chi connectivity index (χ0) is 51.7. The SMILES string of the molecule is CC(=O)C(=O)c1ccc2c(c1)OCO2.CC(C(=O)O)c1ccc2c(c1)OCO2.O=C(O)C(=O)c1ccc2c(c1)OCO2.O=C(O)Cc1ccc2c(c1)OCO2.Oc1ccccc1O.c1ccc2c(c1)OCO2. The average Bonchev–Trinajstić information content (AvgIpc) is 4.25. The predicted octanol–water partition coefficient (Wildman–Crippen LogP) is 7.03. The zero-order valence-corrected chi connectivity index (χ0v) is 38.1. The summed E-state index contributed by atoms with van der Waals surface area (Å²) < 4.78 is 50.8. The second kappa shape index (κ2) is 24.6. The van der Waals surface area contributed by atoms with Crippen LogP contribution in [0.1, 0.15) is 51.6 Å². The summed E-state index contributed by atoms with van der Waals surface area (Å²) in [5, 5.41) is 43.2. The van der Waals surface area contributed by atoms with Crippen molar-refractivity contribution < 1.29 is 102 Å². The fraction of sp³-hybridized carbons (Fsp3) is 0.176. The number of fused-ring (bicyclic) bond motifs is 5. The van der Waals surface area contributed by atoms with Gasteiger partial charge in [-0.1, -0.05) is 36.4 Å². The van der Waals surface area contributed by atoms with Gasteiger partial charge in [-0.2, -0.15) is 0 Å². The summed E-state index contributed by atoms with van der Waals surface area (Å²) >= 11 is 0. The van der Waals surface area contributed by atoms with E-state index in [4.69, 9.17) is 72.9 Å². The molecule has 0 fully saturated rings. The lowest BCUT2D eigenvalue weighted by molar-refractivity contribution is -0.138. The number of carbonyl (C=O) groups is 6. The first kappa shape index (κ1) is 51.7. The molecule has 0 aromatic heterocycles. The minimum absolute atomic E-state index is 0.0106. The van der Waals surface area contributed by atoms with Crippen LogP contribution in [0.2, 0.25) is 0 Å². The number of hydrogen-bond donors (Lipinski definition) is 5. The maximum Gasteiger partial charge on any atom is 0.377 e. The number of aromatic hydroxyl groups is 2. The number of carboxylic acid groups (broad SMARTS) is 3. The first-order valence-corrected chi connectivity index (χ1v) is 21.2. The van der Waals surface area contributed by atoms with Gasteiger partial charge in [0.2, 0.25) is 39.7 Å². The van der Waals surface area contributed by atoms with Crippen LogP contribution in [0.3, 0.4) is 0 Å². The van der Waals surface area contributed by atoms with Gasteiger partial charge in [-0.3, -0.25) is 24.0 Å². The Hall–Kier alpha value is -9.66. The number of Topliss-reactive ketones (excluding diaryl/α,β-unsaturated/α-hetero) is 3. The van der Waals surface area contributed by atoms with Gasteiger partial charge in [-0.15, -0.1) is 0 Å². The van der Waals surface area contributed by atoms with Crippen molar-refractivity contribution >= 4 is 35.3 Å².